The normalized spacial score (nSPS) is 15.7. The molecule has 2 aromatic rings. The topological polar surface area (TPSA) is 77.7 Å². The highest BCUT2D eigenvalue weighted by molar-refractivity contribution is 7.13. The molecule has 0 atom stereocenters. The number of thiazole rings is 1. The summed E-state index contributed by atoms with van der Waals surface area (Å²) in [6.45, 7) is 3.74. The Morgan fingerprint density at radius 3 is 2.76 bits per heavy atom. The third-order valence-corrected chi connectivity index (χ3v) is 4.42. The molecule has 7 heteroatoms. The molecule has 0 bridgehead atoms. The number of nitrogens with zero attached hydrogens (tertiary/aromatic N) is 5. The molecule has 3 heterocycles. The molecule has 0 aromatic carbocycles. The van der Waals surface area contributed by atoms with Crippen LogP contribution in [0.15, 0.2) is 17.8 Å². The Labute approximate surface area is 127 Å². The molecule has 0 spiro atoms. The van der Waals surface area contributed by atoms with Crippen LogP contribution in [0.1, 0.15) is 24.2 Å². The molecule has 1 fully saturated rings. The lowest BCUT2D eigenvalue weighted by Gasteiger charge is -2.33. The number of aromatic nitrogens is 3. The minimum atomic E-state index is 0.402. The third-order valence-electron chi connectivity index (χ3n) is 3.53. The monoisotopic (exact) mass is 300 g/mol. The van der Waals surface area contributed by atoms with Crippen molar-refractivity contribution in [3.63, 3.8) is 0 Å². The summed E-state index contributed by atoms with van der Waals surface area (Å²) < 4.78 is 0. The van der Waals surface area contributed by atoms with E-state index < -0.39 is 0 Å². The highest BCUT2D eigenvalue weighted by atomic mass is 32.1. The first kappa shape index (κ1) is 13.8. The van der Waals surface area contributed by atoms with E-state index in [1.807, 2.05) is 6.92 Å². The highest BCUT2D eigenvalue weighted by Gasteiger charge is 2.22. The molecular weight excluding hydrogens is 284 g/mol. The second-order valence-corrected chi connectivity index (χ2v) is 5.90. The Morgan fingerprint density at radius 2 is 2.10 bits per heavy atom. The molecule has 1 N–H and O–H groups in total. The predicted molar refractivity (Wildman–Crippen MR) is 82.5 cm³/mol. The van der Waals surface area contributed by atoms with Crippen LogP contribution in [0.2, 0.25) is 0 Å². The summed E-state index contributed by atoms with van der Waals surface area (Å²) in [5, 5.41) is 15.6. The number of piperidine rings is 1. The molecule has 21 heavy (non-hydrogen) atoms. The van der Waals surface area contributed by atoms with Crippen molar-refractivity contribution in [1.82, 2.24) is 15.0 Å². The largest absolute Gasteiger partial charge is 0.359 e. The maximum Gasteiger partial charge on any atom is 0.183 e. The molecule has 1 aliphatic rings. The van der Waals surface area contributed by atoms with Gasteiger partial charge in [-0.2, -0.15) is 5.26 Å². The molecular formula is C14H16N6S. The van der Waals surface area contributed by atoms with Gasteiger partial charge in [-0.3, -0.25) is 0 Å². The van der Waals surface area contributed by atoms with Crippen molar-refractivity contribution in [2.75, 3.05) is 23.3 Å². The first-order chi connectivity index (χ1) is 10.3. The van der Waals surface area contributed by atoms with Crippen molar-refractivity contribution in [2.24, 2.45) is 0 Å². The quantitative estimate of drug-likeness (QED) is 0.936. The Bertz CT molecular complexity index is 653. The SMILES string of the molecule is Cc1csc(NC2CCN(c3nccnc3C#N)CC2)n1. The molecule has 108 valence electrons. The Morgan fingerprint density at radius 1 is 1.33 bits per heavy atom. The van der Waals surface area contributed by atoms with E-state index in [9.17, 15) is 0 Å². The molecule has 0 amide bonds. The van der Waals surface area contributed by atoms with E-state index in [2.05, 4.69) is 36.6 Å². The fourth-order valence-corrected chi connectivity index (χ4v) is 3.24. The van der Waals surface area contributed by atoms with Crippen molar-refractivity contribution < 1.29 is 0 Å². The van der Waals surface area contributed by atoms with Crippen LogP contribution < -0.4 is 10.2 Å². The van der Waals surface area contributed by atoms with Crippen molar-refractivity contribution in [2.45, 2.75) is 25.8 Å². The van der Waals surface area contributed by atoms with Crippen LogP contribution in [0.5, 0.6) is 0 Å². The summed E-state index contributed by atoms with van der Waals surface area (Å²) in [5.41, 5.74) is 1.46. The van der Waals surface area contributed by atoms with Gasteiger partial charge < -0.3 is 10.2 Å². The number of aryl methyl sites for hydroxylation is 1. The van der Waals surface area contributed by atoms with E-state index in [1.54, 1.807) is 23.7 Å². The van der Waals surface area contributed by atoms with Gasteiger partial charge in [-0.25, -0.2) is 15.0 Å². The van der Waals surface area contributed by atoms with Gasteiger partial charge in [0, 0.05) is 36.9 Å². The third kappa shape index (κ3) is 3.11. The molecule has 0 unspecified atom stereocenters. The number of hydrogen-bond acceptors (Lipinski definition) is 7. The number of anilines is 2. The van der Waals surface area contributed by atoms with Crippen LogP contribution in [-0.2, 0) is 0 Å². The summed E-state index contributed by atoms with van der Waals surface area (Å²) in [7, 11) is 0. The van der Waals surface area contributed by atoms with Crippen LogP contribution in [0, 0.1) is 18.3 Å². The molecule has 0 radical (unpaired) electrons. The highest BCUT2D eigenvalue weighted by Crippen LogP contribution is 2.23. The summed E-state index contributed by atoms with van der Waals surface area (Å²) in [6.07, 6.45) is 5.19. The number of nitrogens with one attached hydrogen (secondary N) is 1. The van der Waals surface area contributed by atoms with Gasteiger partial charge >= 0.3 is 0 Å². The molecule has 1 aliphatic heterocycles. The van der Waals surface area contributed by atoms with Gasteiger partial charge in [-0.1, -0.05) is 0 Å². The second kappa shape index (κ2) is 6.06. The standard InChI is InChI=1S/C14H16N6S/c1-10-9-21-14(18-10)19-11-2-6-20(7-3-11)13-12(8-15)16-4-5-17-13/h4-5,9,11H,2-3,6-7H2,1H3,(H,18,19). The first-order valence-corrected chi connectivity index (χ1v) is 7.79. The van der Waals surface area contributed by atoms with Gasteiger partial charge in [-0.15, -0.1) is 11.3 Å². The average molecular weight is 300 g/mol. The van der Waals surface area contributed by atoms with Crippen LogP contribution in [0.3, 0.4) is 0 Å². The summed E-state index contributed by atoms with van der Waals surface area (Å²) in [6, 6.07) is 2.53. The maximum atomic E-state index is 9.10. The van der Waals surface area contributed by atoms with Gasteiger partial charge in [0.15, 0.2) is 16.6 Å². The molecule has 3 rings (SSSR count). The fourth-order valence-electron chi connectivity index (χ4n) is 2.47. The van der Waals surface area contributed by atoms with Gasteiger partial charge in [0.05, 0.1) is 5.69 Å². The van der Waals surface area contributed by atoms with E-state index in [0.717, 1.165) is 36.8 Å². The van der Waals surface area contributed by atoms with E-state index >= 15 is 0 Å². The summed E-state index contributed by atoms with van der Waals surface area (Å²) in [4.78, 5) is 14.9. The van der Waals surface area contributed by atoms with Crippen LogP contribution in [-0.4, -0.2) is 34.1 Å². The Balaban J connectivity index is 1.61. The lowest BCUT2D eigenvalue weighted by molar-refractivity contribution is 0.522. The molecule has 2 aromatic heterocycles. The average Bonchev–Trinajstić information content (AvgIpc) is 2.93. The zero-order valence-electron chi connectivity index (χ0n) is 11.8. The molecule has 6 nitrogen and oxygen atoms in total. The Hall–Kier alpha value is -2.20. The predicted octanol–water partition coefficient (Wildman–Crippen LogP) is 2.19. The van der Waals surface area contributed by atoms with E-state index in [0.29, 0.717) is 17.6 Å². The number of hydrogen-bond donors (Lipinski definition) is 1. The van der Waals surface area contributed by atoms with E-state index in [4.69, 9.17) is 5.26 Å². The number of nitriles is 1. The van der Waals surface area contributed by atoms with Gasteiger partial charge in [0.2, 0.25) is 0 Å². The van der Waals surface area contributed by atoms with Gasteiger partial charge in [-0.05, 0) is 19.8 Å². The number of rotatable bonds is 3. The Kier molecular flexibility index (Phi) is 3.97. The fraction of sp³-hybridized carbons (Fsp3) is 0.429. The minimum Gasteiger partial charge on any atom is -0.359 e. The summed E-state index contributed by atoms with van der Waals surface area (Å²) in [5.74, 6) is 0.698. The smallest absolute Gasteiger partial charge is 0.183 e. The van der Waals surface area contributed by atoms with Gasteiger partial charge in [0.1, 0.15) is 6.07 Å². The molecule has 0 saturated carbocycles. The van der Waals surface area contributed by atoms with Crippen LogP contribution in [0.4, 0.5) is 10.9 Å². The van der Waals surface area contributed by atoms with E-state index in [-0.39, 0.29) is 0 Å². The zero-order chi connectivity index (χ0) is 14.7. The van der Waals surface area contributed by atoms with Gasteiger partial charge in [0.25, 0.3) is 0 Å². The van der Waals surface area contributed by atoms with Crippen LogP contribution in [0.25, 0.3) is 0 Å². The first-order valence-electron chi connectivity index (χ1n) is 6.91. The van der Waals surface area contributed by atoms with Crippen molar-refractivity contribution in [3.8, 4) is 6.07 Å². The molecule has 1 saturated heterocycles. The van der Waals surface area contributed by atoms with Crippen molar-refractivity contribution >= 4 is 22.3 Å². The van der Waals surface area contributed by atoms with Crippen molar-refractivity contribution in [1.29, 1.82) is 5.26 Å². The maximum absolute atomic E-state index is 9.10. The van der Waals surface area contributed by atoms with E-state index in [1.165, 1.54) is 0 Å². The zero-order valence-corrected chi connectivity index (χ0v) is 12.6. The molecule has 0 aliphatic carbocycles. The van der Waals surface area contributed by atoms with Crippen molar-refractivity contribution in [3.05, 3.63) is 29.2 Å². The summed E-state index contributed by atoms with van der Waals surface area (Å²) >= 11 is 1.65. The minimum absolute atomic E-state index is 0.402. The lowest BCUT2D eigenvalue weighted by Crippen LogP contribution is -2.40. The van der Waals surface area contributed by atoms with Crippen LogP contribution >= 0.6 is 11.3 Å². The lowest BCUT2D eigenvalue weighted by atomic mass is 10.1. The second-order valence-electron chi connectivity index (χ2n) is 5.04.